The zero-order valence-corrected chi connectivity index (χ0v) is 17.1. The number of rotatable bonds is 3. The minimum Gasteiger partial charge on any atom is -0.411 e. The Labute approximate surface area is 181 Å². The lowest BCUT2D eigenvalue weighted by Crippen LogP contribution is -2.41. The van der Waals surface area contributed by atoms with E-state index in [0.29, 0.717) is 18.7 Å². The van der Waals surface area contributed by atoms with E-state index >= 15 is 0 Å². The fraction of sp³-hybridized carbons (Fsp3) is 0.182. The minimum absolute atomic E-state index is 0.0883. The fourth-order valence-corrected chi connectivity index (χ4v) is 4.13. The molecule has 158 valence electrons. The Kier molecular flexibility index (Phi) is 4.10. The second-order valence-electron chi connectivity index (χ2n) is 7.62. The molecule has 32 heavy (non-hydrogen) atoms. The van der Waals surface area contributed by atoms with Crippen molar-refractivity contribution in [3.8, 4) is 11.6 Å². The van der Waals surface area contributed by atoms with E-state index in [1.165, 1.54) is 0 Å². The second-order valence-corrected chi connectivity index (χ2v) is 7.62. The Hall–Kier alpha value is -4.34. The molecule has 1 aliphatic heterocycles. The van der Waals surface area contributed by atoms with E-state index in [4.69, 9.17) is 9.52 Å². The summed E-state index contributed by atoms with van der Waals surface area (Å²) in [7, 11) is 0. The first-order chi connectivity index (χ1) is 15.7. The van der Waals surface area contributed by atoms with Gasteiger partial charge in [0.1, 0.15) is 11.7 Å². The molecule has 6 rings (SSSR count). The number of aryl methyl sites for hydroxylation is 1. The summed E-state index contributed by atoms with van der Waals surface area (Å²) in [6.45, 7) is 2.46. The highest BCUT2D eigenvalue weighted by Gasteiger charge is 2.38. The van der Waals surface area contributed by atoms with Gasteiger partial charge in [-0.3, -0.25) is 9.78 Å². The van der Waals surface area contributed by atoms with E-state index in [1.54, 1.807) is 29.6 Å². The van der Waals surface area contributed by atoms with E-state index in [-0.39, 0.29) is 17.7 Å². The normalized spacial score (nSPS) is 15.8. The average molecular weight is 426 g/mol. The lowest BCUT2D eigenvalue weighted by atomic mass is 9.99. The summed E-state index contributed by atoms with van der Waals surface area (Å²) in [4.78, 5) is 27.1. The van der Waals surface area contributed by atoms with Crippen LogP contribution in [0.5, 0.6) is 0 Å². The van der Waals surface area contributed by atoms with Crippen LogP contribution in [0.15, 0.2) is 59.4 Å². The average Bonchev–Trinajstić information content (AvgIpc) is 3.58. The molecular weight excluding hydrogens is 408 g/mol. The molecule has 0 radical (unpaired) electrons. The van der Waals surface area contributed by atoms with Gasteiger partial charge >= 0.3 is 11.8 Å². The topological polar surface area (TPSA) is 118 Å². The highest BCUT2D eigenvalue weighted by atomic mass is 16.4. The van der Waals surface area contributed by atoms with Crippen molar-refractivity contribution >= 4 is 11.4 Å². The number of pyridine rings is 2. The van der Waals surface area contributed by atoms with Crippen LogP contribution in [0.3, 0.4) is 0 Å². The van der Waals surface area contributed by atoms with E-state index in [1.807, 2.05) is 41.8 Å². The molecule has 5 aromatic heterocycles. The van der Waals surface area contributed by atoms with Crippen molar-refractivity contribution in [3.05, 3.63) is 83.7 Å². The summed E-state index contributed by atoms with van der Waals surface area (Å²) in [5.74, 6) is -0.256. The zero-order valence-electron chi connectivity index (χ0n) is 17.1. The van der Waals surface area contributed by atoms with Gasteiger partial charge in [0.15, 0.2) is 0 Å². The zero-order chi connectivity index (χ0) is 21.7. The highest BCUT2D eigenvalue weighted by molar-refractivity contribution is 5.90. The van der Waals surface area contributed by atoms with Gasteiger partial charge in [-0.25, -0.2) is 9.50 Å². The van der Waals surface area contributed by atoms with E-state index < -0.39 is 6.04 Å². The van der Waals surface area contributed by atoms with E-state index in [0.717, 1.165) is 28.3 Å². The Balaban J connectivity index is 1.41. The first kappa shape index (κ1) is 18.4. The predicted octanol–water partition coefficient (Wildman–Crippen LogP) is 2.60. The Morgan fingerprint density at radius 2 is 2.09 bits per heavy atom. The number of imidazole rings is 1. The molecule has 10 heteroatoms. The van der Waals surface area contributed by atoms with Gasteiger partial charge in [-0.1, -0.05) is 12.1 Å². The first-order valence-corrected chi connectivity index (χ1v) is 10.2. The lowest BCUT2D eigenvalue weighted by Gasteiger charge is -2.32. The molecule has 0 aromatic carbocycles. The highest BCUT2D eigenvalue weighted by Crippen LogP contribution is 2.34. The number of nitrogens with one attached hydrogen (secondary N) is 1. The summed E-state index contributed by atoms with van der Waals surface area (Å²) in [6, 6.07) is 12.8. The van der Waals surface area contributed by atoms with Crippen molar-refractivity contribution in [1.29, 1.82) is 0 Å². The molecule has 0 aliphatic carbocycles. The van der Waals surface area contributed by atoms with Crippen molar-refractivity contribution < 1.29 is 9.21 Å². The number of carbonyl (C=O) groups is 1. The third kappa shape index (κ3) is 2.88. The SMILES string of the molecule is Cc1cccc2cc(C3c4nc[nH]c4CCN3C(=O)c3nnc(-c4ccccn4)o3)nn12. The van der Waals surface area contributed by atoms with Crippen LogP contribution >= 0.6 is 0 Å². The van der Waals surface area contributed by atoms with Crippen molar-refractivity contribution in [2.24, 2.45) is 0 Å². The summed E-state index contributed by atoms with van der Waals surface area (Å²) in [6.07, 6.45) is 3.93. The minimum atomic E-state index is -0.470. The monoisotopic (exact) mass is 426 g/mol. The second kappa shape index (κ2) is 7.12. The molecule has 0 fully saturated rings. The maximum absolute atomic E-state index is 13.5. The molecular formula is C22H18N8O2. The van der Waals surface area contributed by atoms with Crippen molar-refractivity contribution in [2.75, 3.05) is 6.54 Å². The van der Waals surface area contributed by atoms with Crippen LogP contribution < -0.4 is 0 Å². The molecule has 0 spiro atoms. The predicted molar refractivity (Wildman–Crippen MR) is 113 cm³/mol. The Morgan fingerprint density at radius 3 is 2.94 bits per heavy atom. The van der Waals surface area contributed by atoms with Gasteiger partial charge in [0.05, 0.1) is 23.2 Å². The number of fused-ring (bicyclic) bond motifs is 2. The van der Waals surface area contributed by atoms with Crippen LogP contribution in [0, 0.1) is 6.92 Å². The van der Waals surface area contributed by atoms with Crippen LogP contribution in [-0.4, -0.2) is 52.1 Å². The van der Waals surface area contributed by atoms with Gasteiger partial charge in [0.25, 0.3) is 5.89 Å². The number of aromatic nitrogens is 7. The first-order valence-electron chi connectivity index (χ1n) is 10.2. The van der Waals surface area contributed by atoms with Gasteiger partial charge in [-0.15, -0.1) is 10.2 Å². The molecule has 6 heterocycles. The summed E-state index contributed by atoms with van der Waals surface area (Å²) >= 11 is 0. The van der Waals surface area contributed by atoms with Crippen molar-refractivity contribution in [2.45, 2.75) is 19.4 Å². The maximum atomic E-state index is 13.5. The summed E-state index contributed by atoms with van der Waals surface area (Å²) < 4.78 is 7.55. The van der Waals surface area contributed by atoms with Gasteiger partial charge in [-0.2, -0.15) is 5.10 Å². The maximum Gasteiger partial charge on any atom is 0.312 e. The fourth-order valence-electron chi connectivity index (χ4n) is 4.13. The molecule has 0 saturated carbocycles. The smallest absolute Gasteiger partial charge is 0.312 e. The van der Waals surface area contributed by atoms with E-state index in [2.05, 4.69) is 25.1 Å². The number of hydrogen-bond donors (Lipinski definition) is 1. The van der Waals surface area contributed by atoms with Gasteiger partial charge in [0.2, 0.25) is 0 Å². The quantitative estimate of drug-likeness (QED) is 0.471. The van der Waals surface area contributed by atoms with Crippen molar-refractivity contribution in [3.63, 3.8) is 0 Å². The van der Waals surface area contributed by atoms with Crippen LogP contribution in [0.25, 0.3) is 17.1 Å². The molecule has 1 atom stereocenters. The molecule has 1 amide bonds. The number of H-pyrrole nitrogens is 1. The third-order valence-corrected chi connectivity index (χ3v) is 5.65. The van der Waals surface area contributed by atoms with Gasteiger partial charge < -0.3 is 14.3 Å². The number of nitrogens with zero attached hydrogens (tertiary/aromatic N) is 7. The van der Waals surface area contributed by atoms with Crippen molar-refractivity contribution in [1.82, 2.24) is 39.7 Å². The van der Waals surface area contributed by atoms with Gasteiger partial charge in [-0.05, 0) is 37.3 Å². The van der Waals surface area contributed by atoms with E-state index in [9.17, 15) is 4.79 Å². The molecule has 1 aliphatic rings. The standard InChI is InChI=1S/C22H18N8O2/c1-13-5-4-6-14-11-17(28-30(13)14)19-18-15(24-12-25-18)8-10-29(19)22(31)21-27-26-20(32-21)16-7-2-3-9-23-16/h2-7,9,11-12,19H,8,10H2,1H3,(H,24,25). The Bertz CT molecular complexity index is 1430. The Morgan fingerprint density at radius 1 is 1.16 bits per heavy atom. The molecule has 0 saturated heterocycles. The summed E-state index contributed by atoms with van der Waals surface area (Å²) in [5.41, 5.74) is 4.96. The number of carbonyl (C=O) groups excluding carboxylic acids is 1. The number of aromatic amines is 1. The molecule has 1 N–H and O–H groups in total. The third-order valence-electron chi connectivity index (χ3n) is 5.65. The number of hydrogen-bond acceptors (Lipinski definition) is 7. The molecule has 0 bridgehead atoms. The van der Waals surface area contributed by atoms with Gasteiger partial charge in [0, 0.05) is 30.6 Å². The number of amides is 1. The van der Waals surface area contributed by atoms with Crippen LogP contribution in [0.2, 0.25) is 0 Å². The van der Waals surface area contributed by atoms with Crippen LogP contribution in [-0.2, 0) is 6.42 Å². The van der Waals surface area contributed by atoms with Crippen LogP contribution in [0.1, 0.15) is 39.5 Å². The molecule has 1 unspecified atom stereocenters. The lowest BCUT2D eigenvalue weighted by molar-refractivity contribution is 0.0646. The summed E-state index contributed by atoms with van der Waals surface area (Å²) in [5, 5.41) is 12.8. The largest absolute Gasteiger partial charge is 0.411 e. The molecule has 10 nitrogen and oxygen atoms in total. The van der Waals surface area contributed by atoms with Crippen LogP contribution in [0.4, 0.5) is 0 Å². The molecule has 5 aromatic rings.